The van der Waals surface area contributed by atoms with Crippen molar-refractivity contribution in [2.24, 2.45) is 0 Å². The quantitative estimate of drug-likeness (QED) is 0.454. The number of para-hydroxylation sites is 2. The molecule has 0 spiro atoms. The summed E-state index contributed by atoms with van der Waals surface area (Å²) in [4.78, 5) is 18.8. The van der Waals surface area contributed by atoms with Gasteiger partial charge in [0.1, 0.15) is 11.5 Å². The van der Waals surface area contributed by atoms with Crippen molar-refractivity contribution >= 4 is 32.4 Å². The van der Waals surface area contributed by atoms with Crippen molar-refractivity contribution in [3.8, 4) is 0 Å². The highest BCUT2D eigenvalue weighted by atomic mass is 32.2. The third-order valence-electron chi connectivity index (χ3n) is 5.31. The maximum absolute atomic E-state index is 12.9. The number of aromatic nitrogens is 2. The van der Waals surface area contributed by atoms with E-state index in [1.165, 1.54) is 16.4 Å². The molecule has 0 bridgehead atoms. The lowest BCUT2D eigenvalue weighted by molar-refractivity contribution is -0.384. The van der Waals surface area contributed by atoms with Gasteiger partial charge in [0, 0.05) is 19.2 Å². The number of benzene rings is 2. The summed E-state index contributed by atoms with van der Waals surface area (Å²) in [6, 6.07) is 11.2. The van der Waals surface area contributed by atoms with Crippen molar-refractivity contribution in [2.75, 3.05) is 18.4 Å². The molecule has 4 rings (SSSR count). The fraction of sp³-hybridized carbons (Fsp3) is 0.350. The number of sulfonamides is 1. The fourth-order valence-electron chi connectivity index (χ4n) is 3.68. The van der Waals surface area contributed by atoms with Crippen molar-refractivity contribution in [3.63, 3.8) is 0 Å². The molecule has 1 aliphatic rings. The number of piperidine rings is 1. The molecule has 2 aromatic carbocycles. The van der Waals surface area contributed by atoms with E-state index in [2.05, 4.69) is 15.3 Å². The van der Waals surface area contributed by atoms with E-state index in [9.17, 15) is 18.5 Å². The van der Waals surface area contributed by atoms with Crippen molar-refractivity contribution in [1.82, 2.24) is 14.3 Å². The van der Waals surface area contributed by atoms with E-state index >= 15 is 0 Å². The van der Waals surface area contributed by atoms with Crippen LogP contribution in [0.2, 0.25) is 0 Å². The smallest absolute Gasteiger partial charge is 0.293 e. The Bertz CT molecular complexity index is 1150. The first kappa shape index (κ1) is 20.3. The molecule has 1 atom stereocenters. The number of H-pyrrole nitrogens is 1. The molecule has 1 aliphatic heterocycles. The number of imidazole rings is 1. The molecular weight excluding hydrogens is 406 g/mol. The predicted octanol–water partition coefficient (Wildman–Crippen LogP) is 3.82. The Hall–Kier alpha value is -2.98. The summed E-state index contributed by atoms with van der Waals surface area (Å²) in [6.45, 7) is 2.72. The van der Waals surface area contributed by atoms with Gasteiger partial charge < -0.3 is 10.3 Å². The highest BCUT2D eigenvalue weighted by Gasteiger charge is 2.29. The van der Waals surface area contributed by atoms with Crippen LogP contribution in [0.1, 0.15) is 38.1 Å². The topological polar surface area (TPSA) is 121 Å². The summed E-state index contributed by atoms with van der Waals surface area (Å²) in [5.74, 6) is 0.635. The second-order valence-corrected chi connectivity index (χ2v) is 9.34. The Balaban J connectivity index is 1.62. The molecule has 0 amide bonds. The monoisotopic (exact) mass is 429 g/mol. The van der Waals surface area contributed by atoms with Gasteiger partial charge in [-0.2, -0.15) is 4.31 Å². The molecule has 9 nitrogen and oxygen atoms in total. The Morgan fingerprint density at radius 2 is 1.90 bits per heavy atom. The maximum Gasteiger partial charge on any atom is 0.293 e. The van der Waals surface area contributed by atoms with E-state index < -0.39 is 14.9 Å². The van der Waals surface area contributed by atoms with E-state index in [-0.39, 0.29) is 22.3 Å². The molecular formula is C20H23N5O4S. The van der Waals surface area contributed by atoms with Crippen LogP contribution in [0.4, 0.5) is 11.4 Å². The SMILES string of the molecule is CC(Nc1ccc(S(=O)(=O)N2CCCCC2)cc1[N+](=O)[O-])c1nc2ccccc2[nH]1. The number of rotatable bonds is 6. The molecule has 1 unspecified atom stereocenters. The van der Waals surface area contributed by atoms with Crippen LogP contribution in [0.25, 0.3) is 11.0 Å². The van der Waals surface area contributed by atoms with Gasteiger partial charge in [-0.3, -0.25) is 10.1 Å². The number of nitrogens with one attached hydrogen (secondary N) is 2. The zero-order valence-electron chi connectivity index (χ0n) is 16.5. The summed E-state index contributed by atoms with van der Waals surface area (Å²) in [7, 11) is -3.75. The molecule has 158 valence electrons. The molecule has 2 heterocycles. The largest absolute Gasteiger partial charge is 0.370 e. The minimum absolute atomic E-state index is 0.0574. The normalized spacial score (nSPS) is 16.4. The Morgan fingerprint density at radius 3 is 2.60 bits per heavy atom. The van der Waals surface area contributed by atoms with Crippen molar-refractivity contribution in [3.05, 3.63) is 58.4 Å². The van der Waals surface area contributed by atoms with E-state index in [1.807, 2.05) is 31.2 Å². The molecule has 1 saturated heterocycles. The second kappa shape index (κ2) is 8.04. The van der Waals surface area contributed by atoms with Gasteiger partial charge in [-0.25, -0.2) is 13.4 Å². The summed E-state index contributed by atoms with van der Waals surface area (Å²) in [6.07, 6.45) is 2.60. The highest BCUT2D eigenvalue weighted by molar-refractivity contribution is 7.89. The van der Waals surface area contributed by atoms with Crippen molar-refractivity contribution in [1.29, 1.82) is 0 Å². The number of fused-ring (bicyclic) bond motifs is 1. The van der Waals surface area contributed by atoms with Crippen LogP contribution >= 0.6 is 0 Å². The van der Waals surface area contributed by atoms with E-state index in [4.69, 9.17) is 0 Å². The molecule has 0 radical (unpaired) electrons. The molecule has 0 saturated carbocycles. The molecule has 1 aromatic heterocycles. The third-order valence-corrected chi connectivity index (χ3v) is 7.20. The Labute approximate surface area is 174 Å². The standard InChI is InChI=1S/C20H23N5O4S/c1-14(20-22-16-7-3-4-8-17(16)23-20)21-18-10-9-15(13-19(18)25(26)27)30(28,29)24-11-5-2-6-12-24/h3-4,7-10,13-14,21H,2,5-6,11-12H2,1H3,(H,22,23). The average molecular weight is 430 g/mol. The van der Waals surface area contributed by atoms with E-state index in [1.54, 1.807) is 0 Å². The Kier molecular flexibility index (Phi) is 5.44. The molecule has 3 aromatic rings. The van der Waals surface area contributed by atoms with Gasteiger partial charge in [-0.05, 0) is 44.0 Å². The Morgan fingerprint density at radius 1 is 1.17 bits per heavy atom. The average Bonchev–Trinajstić information content (AvgIpc) is 3.19. The number of anilines is 1. The lowest BCUT2D eigenvalue weighted by atomic mass is 10.2. The molecule has 1 fully saturated rings. The lowest BCUT2D eigenvalue weighted by Crippen LogP contribution is -2.35. The third kappa shape index (κ3) is 3.88. The van der Waals surface area contributed by atoms with E-state index in [0.717, 1.165) is 36.4 Å². The number of nitro groups is 1. The van der Waals surface area contributed by atoms with Crippen LogP contribution < -0.4 is 5.32 Å². The van der Waals surface area contributed by atoms with Gasteiger partial charge in [-0.1, -0.05) is 18.6 Å². The van der Waals surface area contributed by atoms with Gasteiger partial charge in [0.05, 0.1) is 26.9 Å². The molecule has 0 aliphatic carbocycles. The van der Waals surface area contributed by atoms with Gasteiger partial charge in [-0.15, -0.1) is 0 Å². The number of aromatic amines is 1. The van der Waals surface area contributed by atoms with Crippen LogP contribution in [0.5, 0.6) is 0 Å². The van der Waals surface area contributed by atoms with E-state index in [0.29, 0.717) is 18.9 Å². The number of hydrogen-bond donors (Lipinski definition) is 2. The second-order valence-electron chi connectivity index (χ2n) is 7.41. The minimum Gasteiger partial charge on any atom is -0.370 e. The zero-order chi connectivity index (χ0) is 21.3. The van der Waals surface area contributed by atoms with Crippen LogP contribution in [0.15, 0.2) is 47.4 Å². The first-order valence-corrected chi connectivity index (χ1v) is 11.3. The number of nitro benzene ring substituents is 1. The lowest BCUT2D eigenvalue weighted by Gasteiger charge is -2.26. The van der Waals surface area contributed by atoms with Gasteiger partial charge in [0.15, 0.2) is 0 Å². The molecule has 2 N–H and O–H groups in total. The fourth-order valence-corrected chi connectivity index (χ4v) is 5.22. The van der Waals surface area contributed by atoms with Crippen LogP contribution in [-0.2, 0) is 10.0 Å². The highest BCUT2D eigenvalue weighted by Crippen LogP contribution is 2.32. The molecule has 10 heteroatoms. The van der Waals surface area contributed by atoms with Gasteiger partial charge in [0.25, 0.3) is 5.69 Å². The summed E-state index contributed by atoms with van der Waals surface area (Å²) >= 11 is 0. The maximum atomic E-state index is 12.9. The van der Waals surface area contributed by atoms with Crippen molar-refractivity contribution in [2.45, 2.75) is 37.1 Å². The molecule has 30 heavy (non-hydrogen) atoms. The van der Waals surface area contributed by atoms with Crippen LogP contribution in [0, 0.1) is 10.1 Å². The predicted molar refractivity (Wildman–Crippen MR) is 114 cm³/mol. The summed E-state index contributed by atoms with van der Waals surface area (Å²) in [5, 5.41) is 14.8. The summed E-state index contributed by atoms with van der Waals surface area (Å²) < 4.78 is 27.2. The number of nitrogens with zero attached hydrogens (tertiary/aromatic N) is 3. The van der Waals surface area contributed by atoms with Crippen molar-refractivity contribution < 1.29 is 13.3 Å². The first-order chi connectivity index (χ1) is 14.4. The first-order valence-electron chi connectivity index (χ1n) is 9.86. The van der Waals surface area contributed by atoms with Gasteiger partial charge >= 0.3 is 0 Å². The van der Waals surface area contributed by atoms with Crippen LogP contribution in [-0.4, -0.2) is 40.7 Å². The summed E-state index contributed by atoms with van der Waals surface area (Å²) in [5.41, 5.74) is 1.64. The number of hydrogen-bond acceptors (Lipinski definition) is 6. The van der Waals surface area contributed by atoms with Crippen LogP contribution in [0.3, 0.4) is 0 Å². The zero-order valence-corrected chi connectivity index (χ0v) is 17.4. The minimum atomic E-state index is -3.75. The van der Waals surface area contributed by atoms with Gasteiger partial charge in [0.2, 0.25) is 10.0 Å².